The number of rotatable bonds is 8. The second kappa shape index (κ2) is 9.82. The maximum absolute atomic E-state index is 12.7. The predicted octanol–water partition coefficient (Wildman–Crippen LogP) is 4.87. The lowest BCUT2D eigenvalue weighted by molar-refractivity contribution is -0.137. The zero-order valence-corrected chi connectivity index (χ0v) is 18.9. The Bertz CT molecular complexity index is 1170. The van der Waals surface area contributed by atoms with E-state index in [4.69, 9.17) is 14.3 Å². The SMILES string of the molecule is CC(C)C(CC(=O)O)NC(=O)c1occc1NC(=O)OCC1c2ccccc2-c2ccccc21. The number of carboxylic acids is 1. The van der Waals surface area contributed by atoms with Gasteiger partial charge in [-0.3, -0.25) is 14.9 Å². The number of amides is 2. The molecule has 8 heteroatoms. The van der Waals surface area contributed by atoms with Crippen LogP contribution < -0.4 is 10.6 Å². The number of anilines is 1. The first-order valence-electron chi connectivity index (χ1n) is 11.1. The lowest BCUT2D eigenvalue weighted by atomic mass is 9.98. The number of benzene rings is 2. The zero-order valence-electron chi connectivity index (χ0n) is 18.9. The van der Waals surface area contributed by atoms with Crippen molar-refractivity contribution in [3.63, 3.8) is 0 Å². The summed E-state index contributed by atoms with van der Waals surface area (Å²) in [6, 6.07) is 16.9. The third-order valence-electron chi connectivity index (χ3n) is 5.97. The molecule has 1 aromatic heterocycles. The summed E-state index contributed by atoms with van der Waals surface area (Å²) in [5, 5.41) is 14.3. The van der Waals surface area contributed by atoms with Crippen LogP contribution in [0.5, 0.6) is 0 Å². The molecule has 8 nitrogen and oxygen atoms in total. The molecule has 0 aliphatic heterocycles. The Hall–Kier alpha value is -4.07. The highest BCUT2D eigenvalue weighted by Crippen LogP contribution is 2.44. The summed E-state index contributed by atoms with van der Waals surface area (Å²) in [5.41, 5.74) is 4.59. The topological polar surface area (TPSA) is 118 Å². The number of hydrogen-bond acceptors (Lipinski definition) is 5. The Morgan fingerprint density at radius 1 is 1.00 bits per heavy atom. The van der Waals surface area contributed by atoms with Gasteiger partial charge in [-0.1, -0.05) is 62.4 Å². The zero-order chi connectivity index (χ0) is 24.2. The number of hydrogen-bond donors (Lipinski definition) is 3. The molecule has 1 unspecified atom stereocenters. The van der Waals surface area contributed by atoms with E-state index in [9.17, 15) is 14.4 Å². The number of carboxylic acid groups (broad SMARTS) is 1. The van der Waals surface area contributed by atoms with Crippen LogP contribution in [0.15, 0.2) is 65.3 Å². The number of fused-ring (bicyclic) bond motifs is 3. The average molecular weight is 463 g/mol. The first-order chi connectivity index (χ1) is 16.3. The van der Waals surface area contributed by atoms with E-state index in [-0.39, 0.29) is 36.3 Å². The molecule has 34 heavy (non-hydrogen) atoms. The van der Waals surface area contributed by atoms with Crippen molar-refractivity contribution in [1.82, 2.24) is 5.32 Å². The molecule has 0 fully saturated rings. The minimum Gasteiger partial charge on any atom is -0.481 e. The third-order valence-corrected chi connectivity index (χ3v) is 5.97. The first kappa shape index (κ1) is 23.1. The van der Waals surface area contributed by atoms with E-state index in [1.54, 1.807) is 0 Å². The van der Waals surface area contributed by atoms with Gasteiger partial charge in [0.05, 0.1) is 18.4 Å². The number of carbonyl (C=O) groups excluding carboxylic acids is 2. The fourth-order valence-electron chi connectivity index (χ4n) is 4.20. The number of ether oxygens (including phenoxy) is 1. The van der Waals surface area contributed by atoms with Gasteiger partial charge in [-0.15, -0.1) is 0 Å². The van der Waals surface area contributed by atoms with Crippen molar-refractivity contribution in [3.8, 4) is 11.1 Å². The van der Waals surface area contributed by atoms with E-state index < -0.39 is 24.0 Å². The fourth-order valence-corrected chi connectivity index (χ4v) is 4.20. The molecule has 0 radical (unpaired) electrons. The largest absolute Gasteiger partial charge is 0.481 e. The second-order valence-electron chi connectivity index (χ2n) is 8.54. The van der Waals surface area contributed by atoms with Crippen LogP contribution in [-0.4, -0.2) is 35.7 Å². The van der Waals surface area contributed by atoms with Crippen LogP contribution in [0.2, 0.25) is 0 Å². The van der Waals surface area contributed by atoms with Crippen LogP contribution in [0.4, 0.5) is 10.5 Å². The fraction of sp³-hybridized carbons (Fsp3) is 0.269. The van der Waals surface area contributed by atoms with Crippen LogP contribution in [0.25, 0.3) is 11.1 Å². The predicted molar refractivity (Wildman–Crippen MR) is 126 cm³/mol. The highest BCUT2D eigenvalue weighted by atomic mass is 16.5. The number of carbonyl (C=O) groups is 3. The van der Waals surface area contributed by atoms with E-state index in [2.05, 4.69) is 22.8 Å². The Labute approximate surface area is 196 Å². The maximum Gasteiger partial charge on any atom is 0.411 e. The molecule has 3 N–H and O–H groups in total. The molecule has 2 aromatic carbocycles. The summed E-state index contributed by atoms with van der Waals surface area (Å²) < 4.78 is 10.8. The molecular formula is C26H26N2O6. The summed E-state index contributed by atoms with van der Waals surface area (Å²) >= 11 is 0. The quantitative estimate of drug-likeness (QED) is 0.440. The number of aliphatic carboxylic acids is 1. The van der Waals surface area contributed by atoms with Crippen LogP contribution in [0, 0.1) is 5.92 Å². The smallest absolute Gasteiger partial charge is 0.411 e. The molecule has 0 bridgehead atoms. The van der Waals surface area contributed by atoms with Crippen molar-refractivity contribution >= 4 is 23.7 Å². The second-order valence-corrected chi connectivity index (χ2v) is 8.54. The highest BCUT2D eigenvalue weighted by Gasteiger charge is 2.29. The molecule has 1 aliphatic rings. The van der Waals surface area contributed by atoms with E-state index in [0.717, 1.165) is 22.3 Å². The lowest BCUT2D eigenvalue weighted by Gasteiger charge is -2.20. The van der Waals surface area contributed by atoms with Crippen LogP contribution in [0.1, 0.15) is 47.9 Å². The van der Waals surface area contributed by atoms with Crippen LogP contribution >= 0.6 is 0 Å². The van der Waals surface area contributed by atoms with E-state index in [1.807, 2.05) is 50.2 Å². The first-order valence-corrected chi connectivity index (χ1v) is 11.1. The van der Waals surface area contributed by atoms with Gasteiger partial charge in [0.2, 0.25) is 5.76 Å². The Balaban J connectivity index is 1.41. The van der Waals surface area contributed by atoms with Gasteiger partial charge < -0.3 is 19.6 Å². The Morgan fingerprint density at radius 2 is 1.62 bits per heavy atom. The summed E-state index contributed by atoms with van der Waals surface area (Å²) in [6.45, 7) is 3.75. The molecule has 2 amide bonds. The summed E-state index contributed by atoms with van der Waals surface area (Å²) in [4.78, 5) is 36.3. The minimum atomic E-state index is -1.02. The van der Waals surface area contributed by atoms with Crippen molar-refractivity contribution in [2.24, 2.45) is 5.92 Å². The Morgan fingerprint density at radius 3 is 2.21 bits per heavy atom. The standard InChI is InChI=1S/C26H26N2O6/c1-15(2)22(13-23(29)30)27-25(31)24-21(11-12-33-24)28-26(32)34-14-20-18-9-5-3-7-16(18)17-8-4-6-10-19(17)20/h3-12,15,20,22H,13-14H2,1-2H3,(H,27,31)(H,28,32)(H,29,30). The normalized spacial score (nSPS) is 13.1. The van der Waals surface area contributed by atoms with Crippen molar-refractivity contribution in [2.75, 3.05) is 11.9 Å². The molecule has 1 heterocycles. The highest BCUT2D eigenvalue weighted by molar-refractivity contribution is 6.00. The van der Waals surface area contributed by atoms with Crippen molar-refractivity contribution in [1.29, 1.82) is 0 Å². The summed E-state index contributed by atoms with van der Waals surface area (Å²) in [5.74, 6) is -1.94. The van der Waals surface area contributed by atoms with Crippen molar-refractivity contribution < 1.29 is 28.6 Å². The minimum absolute atomic E-state index is 0.0897. The molecule has 3 aromatic rings. The Kier molecular flexibility index (Phi) is 6.67. The van der Waals surface area contributed by atoms with Gasteiger partial charge in [0, 0.05) is 18.0 Å². The number of furan rings is 1. The molecular weight excluding hydrogens is 436 g/mol. The molecule has 176 valence electrons. The van der Waals surface area contributed by atoms with Gasteiger partial charge in [0.25, 0.3) is 5.91 Å². The van der Waals surface area contributed by atoms with Gasteiger partial charge in [0.15, 0.2) is 0 Å². The molecule has 1 atom stereocenters. The third kappa shape index (κ3) is 4.80. The molecule has 4 rings (SSSR count). The van der Waals surface area contributed by atoms with Crippen molar-refractivity contribution in [3.05, 3.63) is 77.7 Å². The lowest BCUT2D eigenvalue weighted by Crippen LogP contribution is -2.40. The van der Waals surface area contributed by atoms with Crippen LogP contribution in [0.3, 0.4) is 0 Å². The van der Waals surface area contributed by atoms with Gasteiger partial charge in [-0.05, 0) is 28.2 Å². The molecule has 0 saturated carbocycles. The molecule has 0 saturated heterocycles. The van der Waals surface area contributed by atoms with E-state index >= 15 is 0 Å². The maximum atomic E-state index is 12.7. The van der Waals surface area contributed by atoms with Gasteiger partial charge >= 0.3 is 12.1 Å². The van der Waals surface area contributed by atoms with Gasteiger partial charge in [0.1, 0.15) is 6.61 Å². The van der Waals surface area contributed by atoms with Gasteiger partial charge in [-0.2, -0.15) is 0 Å². The molecule has 0 spiro atoms. The number of nitrogens with one attached hydrogen (secondary N) is 2. The monoisotopic (exact) mass is 462 g/mol. The van der Waals surface area contributed by atoms with Crippen LogP contribution in [-0.2, 0) is 9.53 Å². The van der Waals surface area contributed by atoms with Gasteiger partial charge in [-0.25, -0.2) is 4.79 Å². The van der Waals surface area contributed by atoms with E-state index in [0.29, 0.717) is 0 Å². The summed E-state index contributed by atoms with van der Waals surface area (Å²) in [7, 11) is 0. The van der Waals surface area contributed by atoms with E-state index in [1.165, 1.54) is 12.3 Å². The van der Waals surface area contributed by atoms with Crippen molar-refractivity contribution in [2.45, 2.75) is 32.2 Å². The summed E-state index contributed by atoms with van der Waals surface area (Å²) in [6.07, 6.45) is 0.331. The average Bonchev–Trinajstić information content (AvgIpc) is 3.39. The molecule has 1 aliphatic carbocycles.